The molecule has 1 unspecified atom stereocenters. The minimum Gasteiger partial charge on any atom is -0.349 e. The number of hydrogen-bond acceptors (Lipinski definition) is 4. The second kappa shape index (κ2) is 7.45. The summed E-state index contributed by atoms with van der Waals surface area (Å²) in [4.78, 5) is 33.8. The minimum atomic E-state index is -0.606. The summed E-state index contributed by atoms with van der Waals surface area (Å²) in [7, 11) is 0. The molecule has 1 amide bonds. The Kier molecular flexibility index (Phi) is 5.36. The van der Waals surface area contributed by atoms with Gasteiger partial charge in [-0.05, 0) is 29.8 Å². The molecule has 24 heavy (non-hydrogen) atoms. The third kappa shape index (κ3) is 4.45. The van der Waals surface area contributed by atoms with Gasteiger partial charge >= 0.3 is 0 Å². The molecule has 124 valence electrons. The lowest BCUT2D eigenvalue weighted by Crippen LogP contribution is -2.28. The SMILES string of the molecule is CC(=O)NC(CC(=O)c1ccc([N+](=O)[O-])cc1)c1ccc(F)cc1. The number of non-ortho nitro benzene ring substituents is 1. The molecule has 6 nitrogen and oxygen atoms in total. The Balaban J connectivity index is 2.18. The predicted octanol–water partition coefficient (Wildman–Crippen LogP) is 3.18. The van der Waals surface area contributed by atoms with Crippen molar-refractivity contribution in [3.63, 3.8) is 0 Å². The number of benzene rings is 2. The third-order valence-electron chi connectivity index (χ3n) is 3.44. The summed E-state index contributed by atoms with van der Waals surface area (Å²) >= 11 is 0. The van der Waals surface area contributed by atoms with Gasteiger partial charge in [-0.1, -0.05) is 12.1 Å². The van der Waals surface area contributed by atoms with Gasteiger partial charge in [0.25, 0.3) is 5.69 Å². The fourth-order valence-corrected chi connectivity index (χ4v) is 2.26. The van der Waals surface area contributed by atoms with E-state index in [-0.39, 0.29) is 23.8 Å². The van der Waals surface area contributed by atoms with Crippen LogP contribution in [0.4, 0.5) is 10.1 Å². The van der Waals surface area contributed by atoms with Gasteiger partial charge in [0.15, 0.2) is 5.78 Å². The summed E-state index contributed by atoms with van der Waals surface area (Å²) in [6.07, 6.45) is -0.0387. The smallest absolute Gasteiger partial charge is 0.269 e. The molecule has 0 spiro atoms. The Bertz CT molecular complexity index is 757. The zero-order chi connectivity index (χ0) is 17.7. The minimum absolute atomic E-state index is 0.0387. The summed E-state index contributed by atoms with van der Waals surface area (Å²) in [6, 6.07) is 10.1. The molecule has 0 aliphatic heterocycles. The molecule has 7 heteroatoms. The van der Waals surface area contributed by atoms with E-state index in [1.807, 2.05) is 0 Å². The lowest BCUT2D eigenvalue weighted by Gasteiger charge is -2.17. The van der Waals surface area contributed by atoms with Crippen molar-refractivity contribution in [2.24, 2.45) is 0 Å². The maximum absolute atomic E-state index is 13.0. The van der Waals surface area contributed by atoms with Gasteiger partial charge in [0.05, 0.1) is 11.0 Å². The number of nitrogens with zero attached hydrogens (tertiary/aromatic N) is 1. The van der Waals surface area contributed by atoms with E-state index in [0.717, 1.165) is 0 Å². The van der Waals surface area contributed by atoms with E-state index in [2.05, 4.69) is 5.32 Å². The Labute approximate surface area is 137 Å². The number of Topliss-reactive ketones (excluding diaryl/α,β-unsaturated/α-hetero) is 1. The van der Waals surface area contributed by atoms with E-state index in [1.165, 1.54) is 55.5 Å². The van der Waals surface area contributed by atoms with Crippen molar-refractivity contribution in [2.75, 3.05) is 0 Å². The van der Waals surface area contributed by atoms with Gasteiger partial charge in [-0.3, -0.25) is 19.7 Å². The molecule has 0 aliphatic carbocycles. The molecule has 0 radical (unpaired) electrons. The maximum Gasteiger partial charge on any atom is 0.269 e. The summed E-state index contributed by atoms with van der Waals surface area (Å²) < 4.78 is 13.0. The maximum atomic E-state index is 13.0. The van der Waals surface area contributed by atoms with E-state index in [4.69, 9.17) is 0 Å². The first-order valence-electron chi connectivity index (χ1n) is 7.17. The lowest BCUT2D eigenvalue weighted by molar-refractivity contribution is -0.384. The summed E-state index contributed by atoms with van der Waals surface area (Å²) in [5.74, 6) is -1.02. The van der Waals surface area contributed by atoms with E-state index in [9.17, 15) is 24.1 Å². The molecule has 1 N–H and O–H groups in total. The van der Waals surface area contributed by atoms with Crippen LogP contribution in [0.1, 0.15) is 35.3 Å². The molecular weight excluding hydrogens is 315 g/mol. The quantitative estimate of drug-likeness (QED) is 0.500. The van der Waals surface area contributed by atoms with Crippen LogP contribution in [0.2, 0.25) is 0 Å². The van der Waals surface area contributed by atoms with Crippen LogP contribution in [0.25, 0.3) is 0 Å². The standard InChI is InChI=1S/C17H15FN2O4/c1-11(21)19-16(12-2-6-14(18)7-3-12)10-17(22)13-4-8-15(9-5-13)20(23)24/h2-9,16H,10H2,1H3,(H,19,21). The van der Waals surface area contributed by atoms with Gasteiger partial charge in [-0.25, -0.2) is 4.39 Å². The Morgan fingerprint density at radius 1 is 1.12 bits per heavy atom. The number of nitro benzene ring substituents is 1. The number of nitrogens with one attached hydrogen (secondary N) is 1. The molecule has 2 aromatic carbocycles. The summed E-state index contributed by atoms with van der Waals surface area (Å²) in [6.45, 7) is 1.33. The molecule has 0 aliphatic rings. The van der Waals surface area contributed by atoms with Crippen molar-refractivity contribution in [3.8, 4) is 0 Å². The number of amides is 1. The van der Waals surface area contributed by atoms with Crippen molar-refractivity contribution in [2.45, 2.75) is 19.4 Å². The highest BCUT2D eigenvalue weighted by molar-refractivity contribution is 5.97. The summed E-state index contributed by atoms with van der Waals surface area (Å²) in [5.41, 5.74) is 0.795. The highest BCUT2D eigenvalue weighted by Crippen LogP contribution is 2.21. The molecule has 0 saturated heterocycles. The van der Waals surface area contributed by atoms with Gasteiger partial charge in [0.1, 0.15) is 5.82 Å². The van der Waals surface area contributed by atoms with Crippen LogP contribution < -0.4 is 5.32 Å². The van der Waals surface area contributed by atoms with E-state index in [0.29, 0.717) is 11.1 Å². The monoisotopic (exact) mass is 330 g/mol. The highest BCUT2D eigenvalue weighted by atomic mass is 19.1. The number of hydrogen-bond donors (Lipinski definition) is 1. The fourth-order valence-electron chi connectivity index (χ4n) is 2.26. The number of halogens is 1. The number of nitro groups is 1. The van der Waals surface area contributed by atoms with Crippen LogP contribution in [0.5, 0.6) is 0 Å². The third-order valence-corrected chi connectivity index (χ3v) is 3.44. The molecule has 0 heterocycles. The van der Waals surface area contributed by atoms with Crippen LogP contribution in [0, 0.1) is 15.9 Å². The number of rotatable bonds is 6. The first-order valence-corrected chi connectivity index (χ1v) is 7.17. The molecule has 2 aromatic rings. The highest BCUT2D eigenvalue weighted by Gasteiger charge is 2.19. The lowest BCUT2D eigenvalue weighted by atomic mass is 9.97. The van der Waals surface area contributed by atoms with Gasteiger partial charge in [-0.2, -0.15) is 0 Å². The Hall–Kier alpha value is -3.09. The number of carbonyl (C=O) groups is 2. The Morgan fingerprint density at radius 2 is 1.71 bits per heavy atom. The first-order chi connectivity index (χ1) is 11.4. The molecule has 0 bridgehead atoms. The molecule has 0 saturated carbocycles. The van der Waals surface area contributed by atoms with Gasteiger partial charge in [0, 0.05) is 31.0 Å². The predicted molar refractivity (Wildman–Crippen MR) is 85.0 cm³/mol. The van der Waals surface area contributed by atoms with E-state index >= 15 is 0 Å². The molecule has 2 rings (SSSR count). The normalized spacial score (nSPS) is 11.6. The summed E-state index contributed by atoms with van der Waals surface area (Å²) in [5, 5.41) is 13.3. The second-order valence-corrected chi connectivity index (χ2v) is 5.24. The van der Waals surface area contributed by atoms with Crippen LogP contribution in [0.3, 0.4) is 0 Å². The molecule has 0 fully saturated rings. The average molecular weight is 330 g/mol. The zero-order valence-corrected chi connectivity index (χ0v) is 12.9. The largest absolute Gasteiger partial charge is 0.349 e. The van der Waals surface area contributed by atoms with E-state index in [1.54, 1.807) is 0 Å². The average Bonchev–Trinajstić information content (AvgIpc) is 2.54. The van der Waals surface area contributed by atoms with Gasteiger partial charge in [-0.15, -0.1) is 0 Å². The van der Waals surface area contributed by atoms with E-state index < -0.39 is 16.8 Å². The van der Waals surface area contributed by atoms with Crippen LogP contribution in [-0.4, -0.2) is 16.6 Å². The van der Waals surface area contributed by atoms with Crippen LogP contribution >= 0.6 is 0 Å². The fraction of sp³-hybridized carbons (Fsp3) is 0.176. The van der Waals surface area contributed by atoms with Crippen molar-refractivity contribution < 1.29 is 18.9 Å². The molecule has 0 aromatic heterocycles. The number of ketones is 1. The second-order valence-electron chi connectivity index (χ2n) is 5.24. The van der Waals surface area contributed by atoms with Crippen LogP contribution in [-0.2, 0) is 4.79 Å². The Morgan fingerprint density at radius 3 is 2.21 bits per heavy atom. The van der Waals surface area contributed by atoms with Crippen molar-refractivity contribution in [3.05, 3.63) is 75.6 Å². The van der Waals surface area contributed by atoms with Crippen molar-refractivity contribution in [1.29, 1.82) is 0 Å². The molecular formula is C17H15FN2O4. The van der Waals surface area contributed by atoms with Crippen LogP contribution in [0.15, 0.2) is 48.5 Å². The van der Waals surface area contributed by atoms with Crippen molar-refractivity contribution in [1.82, 2.24) is 5.32 Å². The molecule has 1 atom stereocenters. The van der Waals surface area contributed by atoms with Gasteiger partial charge < -0.3 is 5.32 Å². The van der Waals surface area contributed by atoms with Gasteiger partial charge in [0.2, 0.25) is 5.91 Å². The topological polar surface area (TPSA) is 89.3 Å². The first kappa shape index (κ1) is 17.3. The van der Waals surface area contributed by atoms with Crippen molar-refractivity contribution >= 4 is 17.4 Å². The number of carbonyl (C=O) groups excluding carboxylic acids is 2. The zero-order valence-electron chi connectivity index (χ0n) is 12.9.